The van der Waals surface area contributed by atoms with Crippen LogP contribution in [0.5, 0.6) is 5.75 Å². The summed E-state index contributed by atoms with van der Waals surface area (Å²) in [5, 5.41) is 0.552. The second-order valence-electron chi connectivity index (χ2n) is 8.91. The third kappa shape index (κ3) is 5.93. The van der Waals surface area contributed by atoms with Crippen LogP contribution in [0.15, 0.2) is 56.6 Å². The SMILES string of the molecule is CCCCc1cc(=O)oc2cc(C)cc(OC(=O)[C@H](NS(=O)(=O)c3ccc(C)cc3)C(C)C)c12. The van der Waals surface area contributed by atoms with Crippen molar-refractivity contribution in [1.29, 1.82) is 0 Å². The van der Waals surface area contributed by atoms with Gasteiger partial charge in [-0.2, -0.15) is 4.72 Å². The summed E-state index contributed by atoms with van der Waals surface area (Å²) in [4.78, 5) is 25.4. The highest BCUT2D eigenvalue weighted by Crippen LogP contribution is 2.31. The summed E-state index contributed by atoms with van der Waals surface area (Å²) in [6.07, 6.45) is 2.41. The molecule has 0 radical (unpaired) electrons. The third-order valence-corrected chi connectivity index (χ3v) is 7.04. The summed E-state index contributed by atoms with van der Waals surface area (Å²) in [5.41, 5.74) is 2.27. The van der Waals surface area contributed by atoms with Crippen LogP contribution in [0.1, 0.15) is 50.3 Å². The van der Waals surface area contributed by atoms with Crippen LogP contribution in [-0.2, 0) is 21.2 Å². The maximum absolute atomic E-state index is 13.2. The topological polar surface area (TPSA) is 103 Å². The van der Waals surface area contributed by atoms with E-state index in [4.69, 9.17) is 9.15 Å². The van der Waals surface area contributed by atoms with Crippen LogP contribution in [0.2, 0.25) is 0 Å². The van der Waals surface area contributed by atoms with E-state index < -0.39 is 27.7 Å². The fourth-order valence-electron chi connectivity index (χ4n) is 3.70. The Balaban J connectivity index is 1.98. The van der Waals surface area contributed by atoms with E-state index in [-0.39, 0.29) is 16.6 Å². The van der Waals surface area contributed by atoms with Gasteiger partial charge in [0.2, 0.25) is 10.0 Å². The molecular formula is C26H31NO6S. The number of fused-ring (bicyclic) bond motifs is 1. The first-order valence-corrected chi connectivity index (χ1v) is 12.9. The van der Waals surface area contributed by atoms with E-state index in [1.807, 2.05) is 13.8 Å². The molecule has 7 nitrogen and oxygen atoms in total. The Kier molecular flexibility index (Phi) is 7.94. The van der Waals surface area contributed by atoms with Gasteiger partial charge in [0.15, 0.2) is 0 Å². The standard InChI is InChI=1S/C26H31NO6S/c1-6-7-8-19-15-23(28)32-21-13-18(5)14-22(24(19)21)33-26(29)25(16(2)3)27-34(30,31)20-11-9-17(4)10-12-20/h9-16,25,27H,6-8H2,1-5H3/t25-/m1/s1. The number of esters is 1. The van der Waals surface area contributed by atoms with E-state index in [0.29, 0.717) is 17.4 Å². The molecule has 3 rings (SSSR count). The highest BCUT2D eigenvalue weighted by Gasteiger charge is 2.31. The van der Waals surface area contributed by atoms with Crippen molar-refractivity contribution in [2.75, 3.05) is 0 Å². The van der Waals surface area contributed by atoms with E-state index in [1.54, 1.807) is 45.0 Å². The molecule has 1 aromatic heterocycles. The van der Waals surface area contributed by atoms with Crippen molar-refractivity contribution in [2.24, 2.45) is 5.92 Å². The number of rotatable bonds is 9. The largest absolute Gasteiger partial charge is 0.425 e. The van der Waals surface area contributed by atoms with Crippen LogP contribution in [0.4, 0.5) is 0 Å². The van der Waals surface area contributed by atoms with Gasteiger partial charge in [-0.05, 0) is 68.0 Å². The minimum absolute atomic E-state index is 0.0705. The van der Waals surface area contributed by atoms with Crippen molar-refractivity contribution in [3.8, 4) is 5.75 Å². The molecule has 2 aromatic carbocycles. The third-order valence-electron chi connectivity index (χ3n) is 5.58. The first-order valence-electron chi connectivity index (χ1n) is 11.4. The number of nitrogens with one attached hydrogen (secondary N) is 1. The minimum Gasteiger partial charge on any atom is -0.425 e. The molecule has 1 heterocycles. The molecule has 1 N–H and O–H groups in total. The lowest BCUT2D eigenvalue weighted by molar-refractivity contribution is -0.137. The van der Waals surface area contributed by atoms with E-state index in [9.17, 15) is 18.0 Å². The minimum atomic E-state index is -3.95. The van der Waals surface area contributed by atoms with E-state index in [1.165, 1.54) is 18.2 Å². The molecular weight excluding hydrogens is 454 g/mol. The highest BCUT2D eigenvalue weighted by atomic mass is 32.2. The van der Waals surface area contributed by atoms with Crippen molar-refractivity contribution < 1.29 is 22.4 Å². The van der Waals surface area contributed by atoms with Crippen molar-refractivity contribution in [3.63, 3.8) is 0 Å². The van der Waals surface area contributed by atoms with Gasteiger partial charge in [-0.25, -0.2) is 18.0 Å². The first kappa shape index (κ1) is 25.6. The number of aryl methyl sites for hydroxylation is 3. The number of ether oxygens (including phenoxy) is 1. The van der Waals surface area contributed by atoms with Crippen LogP contribution in [-0.4, -0.2) is 20.4 Å². The molecule has 3 aromatic rings. The van der Waals surface area contributed by atoms with Gasteiger partial charge in [-0.3, -0.25) is 0 Å². The number of unbranched alkanes of at least 4 members (excludes halogenated alkanes) is 1. The second-order valence-corrected chi connectivity index (χ2v) is 10.6. The summed E-state index contributed by atoms with van der Waals surface area (Å²) in [7, 11) is -3.95. The monoisotopic (exact) mass is 485 g/mol. The zero-order valence-corrected chi connectivity index (χ0v) is 21.0. The molecule has 182 valence electrons. The van der Waals surface area contributed by atoms with Crippen molar-refractivity contribution >= 4 is 27.0 Å². The van der Waals surface area contributed by atoms with Crippen molar-refractivity contribution in [2.45, 2.75) is 64.8 Å². The normalized spacial score (nSPS) is 12.8. The zero-order chi connectivity index (χ0) is 25.0. The lowest BCUT2D eigenvalue weighted by Gasteiger charge is -2.21. The van der Waals surface area contributed by atoms with Gasteiger partial charge in [0, 0.05) is 6.07 Å². The smallest absolute Gasteiger partial charge is 0.336 e. The van der Waals surface area contributed by atoms with Gasteiger partial charge in [0.25, 0.3) is 0 Å². The average Bonchev–Trinajstić information content (AvgIpc) is 2.75. The van der Waals surface area contributed by atoms with Crippen LogP contribution >= 0.6 is 0 Å². The molecule has 0 unspecified atom stereocenters. The molecule has 0 saturated heterocycles. The summed E-state index contributed by atoms with van der Waals surface area (Å²) < 4.78 is 39.5. The maximum atomic E-state index is 13.2. The van der Waals surface area contributed by atoms with Crippen molar-refractivity contribution in [1.82, 2.24) is 4.72 Å². The maximum Gasteiger partial charge on any atom is 0.336 e. The van der Waals surface area contributed by atoms with Crippen LogP contribution in [0.3, 0.4) is 0 Å². The van der Waals surface area contributed by atoms with Crippen LogP contribution in [0.25, 0.3) is 11.0 Å². The molecule has 0 aliphatic rings. The molecule has 0 aliphatic heterocycles. The van der Waals surface area contributed by atoms with Gasteiger partial charge in [-0.15, -0.1) is 0 Å². The second kappa shape index (κ2) is 10.5. The Morgan fingerprint density at radius 2 is 1.74 bits per heavy atom. The molecule has 0 saturated carbocycles. The number of hydrogen-bond acceptors (Lipinski definition) is 6. The first-order chi connectivity index (χ1) is 16.0. The molecule has 0 aliphatic carbocycles. The summed E-state index contributed by atoms with van der Waals surface area (Å²) in [6.45, 7) is 9.19. The lowest BCUT2D eigenvalue weighted by atomic mass is 10.0. The van der Waals surface area contributed by atoms with E-state index in [0.717, 1.165) is 29.5 Å². The Labute approximate surface area is 200 Å². The van der Waals surface area contributed by atoms with Crippen LogP contribution in [0, 0.1) is 19.8 Å². The number of hydrogen-bond donors (Lipinski definition) is 1. The number of carbonyl (C=O) groups is 1. The van der Waals surface area contributed by atoms with Gasteiger partial charge < -0.3 is 9.15 Å². The quantitative estimate of drug-likeness (QED) is 0.269. The summed E-state index contributed by atoms with van der Waals surface area (Å²) in [5.74, 6) is -0.860. The van der Waals surface area contributed by atoms with E-state index in [2.05, 4.69) is 4.72 Å². The van der Waals surface area contributed by atoms with Gasteiger partial charge in [0.05, 0.1) is 10.3 Å². The predicted molar refractivity (Wildman–Crippen MR) is 132 cm³/mol. The fraction of sp³-hybridized carbons (Fsp3) is 0.385. The van der Waals surface area contributed by atoms with Crippen molar-refractivity contribution in [3.05, 3.63) is 69.6 Å². The zero-order valence-electron chi connectivity index (χ0n) is 20.2. The molecule has 0 spiro atoms. The average molecular weight is 486 g/mol. The fourth-order valence-corrected chi connectivity index (χ4v) is 5.03. The molecule has 0 fully saturated rings. The highest BCUT2D eigenvalue weighted by molar-refractivity contribution is 7.89. The Hall–Kier alpha value is -2.97. The molecule has 0 bridgehead atoms. The lowest BCUT2D eigenvalue weighted by Crippen LogP contribution is -2.46. The van der Waals surface area contributed by atoms with Gasteiger partial charge >= 0.3 is 11.6 Å². The van der Waals surface area contributed by atoms with Gasteiger partial charge in [0.1, 0.15) is 17.4 Å². The molecule has 0 amide bonds. The number of carbonyl (C=O) groups excluding carboxylic acids is 1. The molecule has 1 atom stereocenters. The molecule has 8 heteroatoms. The van der Waals surface area contributed by atoms with Crippen LogP contribution < -0.4 is 15.1 Å². The summed E-state index contributed by atoms with van der Waals surface area (Å²) >= 11 is 0. The Morgan fingerprint density at radius 3 is 2.35 bits per heavy atom. The van der Waals surface area contributed by atoms with Gasteiger partial charge in [-0.1, -0.05) is 44.9 Å². The Bertz CT molecular complexity index is 1340. The number of benzene rings is 2. The Morgan fingerprint density at radius 1 is 1.06 bits per heavy atom. The molecule has 34 heavy (non-hydrogen) atoms. The predicted octanol–water partition coefficient (Wildman–Crippen LogP) is 4.66. The number of sulfonamides is 1. The van der Waals surface area contributed by atoms with E-state index >= 15 is 0 Å². The summed E-state index contributed by atoms with van der Waals surface area (Å²) in [6, 6.07) is 10.1.